The van der Waals surface area contributed by atoms with Gasteiger partial charge in [0, 0.05) is 41.7 Å². The molecule has 0 aliphatic carbocycles. The van der Waals surface area contributed by atoms with Crippen LogP contribution in [0.5, 0.6) is 0 Å². The molecule has 1 aliphatic rings. The summed E-state index contributed by atoms with van der Waals surface area (Å²) in [4.78, 5) is 12.7. The third-order valence-electron chi connectivity index (χ3n) is 5.48. The molecule has 1 aliphatic heterocycles. The maximum absolute atomic E-state index is 13.4. The number of alkyl halides is 3. The van der Waals surface area contributed by atoms with Crippen LogP contribution in [0, 0.1) is 0 Å². The summed E-state index contributed by atoms with van der Waals surface area (Å²) in [6.45, 7) is 0.204. The Morgan fingerprint density at radius 3 is 2.71 bits per heavy atom. The number of guanidine groups is 1. The number of anilines is 2. The van der Waals surface area contributed by atoms with Gasteiger partial charge in [-0.3, -0.25) is 14.9 Å². The molecule has 5 rings (SSSR count). The lowest BCUT2D eigenvalue weighted by atomic mass is 10.1. The molecule has 0 spiro atoms. The van der Waals surface area contributed by atoms with Gasteiger partial charge in [0.2, 0.25) is 5.96 Å². The van der Waals surface area contributed by atoms with Gasteiger partial charge < -0.3 is 4.98 Å². The zero-order valence-electron chi connectivity index (χ0n) is 17.5. The third-order valence-corrected chi connectivity index (χ3v) is 6.82. The second kappa shape index (κ2) is 8.17. The number of hydrogen-bond acceptors (Lipinski definition) is 4. The topological polar surface area (TPSA) is 90.4 Å². The monoisotopic (exact) mass is 485 g/mol. The Hall–Kier alpha value is -3.86. The van der Waals surface area contributed by atoms with E-state index in [1.54, 1.807) is 0 Å². The fraction of sp³-hybridized carbons (Fsp3) is 0.130. The summed E-state index contributed by atoms with van der Waals surface area (Å²) in [7, 11) is -4.00. The van der Waals surface area contributed by atoms with E-state index in [9.17, 15) is 21.6 Å². The van der Waals surface area contributed by atoms with E-state index in [0.717, 1.165) is 34.8 Å². The Balaban J connectivity index is 1.56. The van der Waals surface area contributed by atoms with Gasteiger partial charge in [0.1, 0.15) is 4.90 Å². The van der Waals surface area contributed by atoms with Crippen LogP contribution in [0.3, 0.4) is 0 Å². The van der Waals surface area contributed by atoms with Crippen molar-refractivity contribution in [2.75, 3.05) is 11.4 Å². The number of H-pyrrole nitrogens is 1. The van der Waals surface area contributed by atoms with Crippen molar-refractivity contribution in [1.82, 2.24) is 14.7 Å². The summed E-state index contributed by atoms with van der Waals surface area (Å²) in [5.41, 5.74) is 1.39. The Labute approximate surface area is 193 Å². The Morgan fingerprint density at radius 2 is 1.88 bits per heavy atom. The SMILES string of the molecule is O=S1(=O)NC(=NCCc2c[nH]c3ccccc23)N(c2cccc(C(F)(F)F)c2)c2ccncc21. The van der Waals surface area contributed by atoms with Crippen LogP contribution >= 0.6 is 0 Å². The summed E-state index contributed by atoms with van der Waals surface area (Å²) >= 11 is 0. The molecule has 3 heterocycles. The van der Waals surface area contributed by atoms with E-state index in [1.165, 1.54) is 29.3 Å². The Kier molecular flexibility index (Phi) is 5.28. The first-order valence-corrected chi connectivity index (χ1v) is 11.8. The number of aliphatic imine (C=N–C) groups is 1. The van der Waals surface area contributed by atoms with Crippen LogP contribution in [0.4, 0.5) is 24.5 Å². The van der Waals surface area contributed by atoms with Crippen molar-refractivity contribution in [2.24, 2.45) is 4.99 Å². The van der Waals surface area contributed by atoms with E-state index in [-0.39, 0.29) is 28.8 Å². The number of aromatic amines is 1. The predicted molar refractivity (Wildman–Crippen MR) is 122 cm³/mol. The minimum Gasteiger partial charge on any atom is -0.361 e. The molecule has 174 valence electrons. The molecular weight excluding hydrogens is 467 g/mol. The van der Waals surface area contributed by atoms with Gasteiger partial charge in [-0.2, -0.15) is 13.2 Å². The summed E-state index contributed by atoms with van der Waals surface area (Å²) < 4.78 is 68.1. The third kappa shape index (κ3) is 3.98. The van der Waals surface area contributed by atoms with Gasteiger partial charge in [0.05, 0.1) is 11.3 Å². The Morgan fingerprint density at radius 1 is 1.06 bits per heavy atom. The Bertz CT molecular complexity index is 1510. The second-order valence-electron chi connectivity index (χ2n) is 7.65. The molecular formula is C23H18F3N5O2S. The summed E-state index contributed by atoms with van der Waals surface area (Å²) in [6, 6.07) is 13.8. The van der Waals surface area contributed by atoms with Crippen molar-refractivity contribution in [3.05, 3.63) is 84.3 Å². The molecule has 11 heteroatoms. The highest BCUT2D eigenvalue weighted by molar-refractivity contribution is 7.90. The van der Waals surface area contributed by atoms with Crippen LogP contribution in [-0.4, -0.2) is 30.9 Å². The molecule has 0 unspecified atom stereocenters. The number of aromatic nitrogens is 2. The average molecular weight is 485 g/mol. The van der Waals surface area contributed by atoms with Crippen molar-refractivity contribution < 1.29 is 21.6 Å². The van der Waals surface area contributed by atoms with E-state index in [2.05, 4.69) is 19.7 Å². The van der Waals surface area contributed by atoms with Gasteiger partial charge in [-0.05, 0) is 42.3 Å². The molecule has 2 aromatic carbocycles. The normalized spacial score (nSPS) is 16.4. The first-order chi connectivity index (χ1) is 16.2. The average Bonchev–Trinajstić information content (AvgIpc) is 3.22. The summed E-state index contributed by atoms with van der Waals surface area (Å²) in [5.74, 6) is -0.0853. The number of benzene rings is 2. The minimum atomic E-state index is -4.56. The molecule has 7 nitrogen and oxygen atoms in total. The van der Waals surface area contributed by atoms with Crippen LogP contribution in [0.25, 0.3) is 10.9 Å². The van der Waals surface area contributed by atoms with E-state index in [4.69, 9.17) is 0 Å². The van der Waals surface area contributed by atoms with Crippen LogP contribution in [0.15, 0.2) is 83.1 Å². The fourth-order valence-electron chi connectivity index (χ4n) is 3.91. The fourth-order valence-corrected chi connectivity index (χ4v) is 5.05. The quantitative estimate of drug-likeness (QED) is 0.442. The maximum atomic E-state index is 13.4. The lowest BCUT2D eigenvalue weighted by Crippen LogP contribution is -2.47. The molecule has 0 fully saturated rings. The molecule has 0 saturated heterocycles. The minimum absolute atomic E-state index is 0.0853. The highest BCUT2D eigenvalue weighted by Crippen LogP contribution is 2.37. The first kappa shape index (κ1) is 22.0. The zero-order valence-corrected chi connectivity index (χ0v) is 18.4. The summed E-state index contributed by atoms with van der Waals surface area (Å²) in [6.07, 6.45) is 0.334. The number of rotatable bonds is 4. The van der Waals surface area contributed by atoms with Gasteiger partial charge in [0.25, 0.3) is 10.0 Å². The number of para-hydroxylation sites is 1. The van der Waals surface area contributed by atoms with Crippen LogP contribution in [0.2, 0.25) is 0 Å². The van der Waals surface area contributed by atoms with Crippen molar-refractivity contribution in [2.45, 2.75) is 17.5 Å². The number of nitrogens with one attached hydrogen (secondary N) is 2. The number of fused-ring (bicyclic) bond motifs is 2. The van der Waals surface area contributed by atoms with Crippen LogP contribution < -0.4 is 9.62 Å². The maximum Gasteiger partial charge on any atom is 0.416 e. The van der Waals surface area contributed by atoms with Crippen LogP contribution in [-0.2, 0) is 22.6 Å². The first-order valence-electron chi connectivity index (χ1n) is 10.3. The molecule has 2 aromatic heterocycles. The number of sulfonamides is 1. The highest BCUT2D eigenvalue weighted by Gasteiger charge is 2.36. The lowest BCUT2D eigenvalue weighted by Gasteiger charge is -2.32. The molecule has 0 radical (unpaired) electrons. The largest absolute Gasteiger partial charge is 0.416 e. The predicted octanol–water partition coefficient (Wildman–Crippen LogP) is 4.61. The molecule has 0 saturated carbocycles. The summed E-state index contributed by atoms with van der Waals surface area (Å²) in [5, 5.41) is 1.03. The van der Waals surface area contributed by atoms with E-state index in [1.807, 2.05) is 30.5 Å². The van der Waals surface area contributed by atoms with Crippen molar-refractivity contribution in [3.8, 4) is 0 Å². The molecule has 0 amide bonds. The number of pyridine rings is 1. The number of halogens is 3. The van der Waals surface area contributed by atoms with Gasteiger partial charge >= 0.3 is 6.18 Å². The van der Waals surface area contributed by atoms with E-state index < -0.39 is 21.8 Å². The number of hydrogen-bond donors (Lipinski definition) is 2. The van der Waals surface area contributed by atoms with E-state index >= 15 is 0 Å². The van der Waals surface area contributed by atoms with Crippen molar-refractivity contribution >= 4 is 38.3 Å². The second-order valence-corrected chi connectivity index (χ2v) is 9.30. The zero-order chi connectivity index (χ0) is 23.9. The van der Waals surface area contributed by atoms with Crippen molar-refractivity contribution in [1.29, 1.82) is 0 Å². The molecule has 4 aromatic rings. The van der Waals surface area contributed by atoms with Crippen molar-refractivity contribution in [3.63, 3.8) is 0 Å². The molecule has 0 atom stereocenters. The van der Waals surface area contributed by atoms with Gasteiger partial charge in [0.15, 0.2) is 0 Å². The molecule has 34 heavy (non-hydrogen) atoms. The number of nitrogens with zero attached hydrogens (tertiary/aromatic N) is 3. The van der Waals surface area contributed by atoms with Crippen LogP contribution in [0.1, 0.15) is 11.1 Å². The van der Waals surface area contributed by atoms with Gasteiger partial charge in [-0.1, -0.05) is 24.3 Å². The standard InChI is InChI=1S/C23H18F3N5O2S/c24-23(25,26)16-4-3-5-17(12-16)31-20-9-10-27-14-21(20)34(32,33)30-22(31)28-11-8-15-13-29-19-7-2-1-6-18(15)19/h1-7,9-10,12-14,29H,8,11H2,(H,28,30). The highest BCUT2D eigenvalue weighted by atomic mass is 32.2. The molecule has 2 N–H and O–H groups in total. The smallest absolute Gasteiger partial charge is 0.361 e. The molecule has 0 bridgehead atoms. The van der Waals surface area contributed by atoms with Gasteiger partial charge in [-0.25, -0.2) is 13.1 Å². The lowest BCUT2D eigenvalue weighted by molar-refractivity contribution is -0.137. The van der Waals surface area contributed by atoms with E-state index in [0.29, 0.717) is 6.42 Å². The van der Waals surface area contributed by atoms with Gasteiger partial charge in [-0.15, -0.1) is 0 Å².